The lowest BCUT2D eigenvalue weighted by atomic mass is 10.1. The maximum absolute atomic E-state index is 6.28. The summed E-state index contributed by atoms with van der Waals surface area (Å²) in [5, 5.41) is 6.32. The van der Waals surface area contributed by atoms with Gasteiger partial charge in [0.2, 0.25) is 5.95 Å². The Kier molecular flexibility index (Phi) is 5.23. The zero-order valence-corrected chi connectivity index (χ0v) is 17.8. The van der Waals surface area contributed by atoms with Crippen LogP contribution in [0.4, 0.5) is 5.95 Å². The van der Waals surface area contributed by atoms with Gasteiger partial charge in [-0.05, 0) is 75.2 Å². The number of hydrogen-bond donors (Lipinski definition) is 1. The fourth-order valence-corrected chi connectivity index (χ4v) is 3.50. The molecule has 0 amide bonds. The van der Waals surface area contributed by atoms with Crippen molar-refractivity contribution >= 4 is 16.9 Å². The van der Waals surface area contributed by atoms with Crippen molar-refractivity contribution in [1.29, 1.82) is 0 Å². The van der Waals surface area contributed by atoms with Crippen LogP contribution in [0.2, 0.25) is 0 Å². The van der Waals surface area contributed by atoms with E-state index in [0.29, 0.717) is 5.95 Å². The van der Waals surface area contributed by atoms with Crippen LogP contribution in [0.5, 0.6) is 5.75 Å². The molecule has 0 saturated carbocycles. The van der Waals surface area contributed by atoms with E-state index in [9.17, 15) is 0 Å². The fourth-order valence-electron chi connectivity index (χ4n) is 3.50. The van der Waals surface area contributed by atoms with E-state index in [1.807, 2.05) is 57.2 Å². The van der Waals surface area contributed by atoms with Gasteiger partial charge in [0.25, 0.3) is 0 Å². The molecule has 0 aliphatic carbocycles. The molecule has 152 valence electrons. The molecule has 0 bridgehead atoms. The Morgan fingerprint density at radius 3 is 2.27 bits per heavy atom. The average Bonchev–Trinajstić information content (AvgIpc) is 2.71. The van der Waals surface area contributed by atoms with E-state index in [2.05, 4.69) is 39.6 Å². The third-order valence-electron chi connectivity index (χ3n) is 4.81. The van der Waals surface area contributed by atoms with Gasteiger partial charge in [0.1, 0.15) is 17.1 Å². The van der Waals surface area contributed by atoms with Crippen LogP contribution in [0.15, 0.2) is 58.0 Å². The van der Waals surface area contributed by atoms with Crippen LogP contribution in [0.25, 0.3) is 22.3 Å². The van der Waals surface area contributed by atoms with Crippen molar-refractivity contribution in [2.45, 2.75) is 27.7 Å². The van der Waals surface area contributed by atoms with Gasteiger partial charge in [-0.15, -0.1) is 0 Å². The van der Waals surface area contributed by atoms with Crippen molar-refractivity contribution in [3.63, 3.8) is 0 Å². The van der Waals surface area contributed by atoms with Crippen LogP contribution >= 0.6 is 0 Å². The van der Waals surface area contributed by atoms with Crippen LogP contribution in [-0.4, -0.2) is 17.1 Å². The summed E-state index contributed by atoms with van der Waals surface area (Å²) in [7, 11) is 1.65. The largest absolute Gasteiger partial charge is 0.497 e. The molecule has 0 spiro atoms. The number of nitrogens with one attached hydrogen (secondary N) is 1. The first-order valence-electron chi connectivity index (χ1n) is 9.74. The summed E-state index contributed by atoms with van der Waals surface area (Å²) in [5.74, 6) is 1.99. The predicted octanol–water partition coefficient (Wildman–Crippen LogP) is 5.06. The molecule has 30 heavy (non-hydrogen) atoms. The van der Waals surface area contributed by atoms with Gasteiger partial charge in [-0.3, -0.25) is 0 Å². The summed E-state index contributed by atoms with van der Waals surface area (Å²) in [6.07, 6.45) is 0. The Bertz CT molecular complexity index is 1270. The number of ether oxygens (including phenoxy) is 1. The van der Waals surface area contributed by atoms with E-state index in [0.717, 1.165) is 55.9 Å². The summed E-state index contributed by atoms with van der Waals surface area (Å²) in [6.45, 7) is 7.98. The molecule has 6 nitrogen and oxygen atoms in total. The first-order valence-corrected chi connectivity index (χ1v) is 9.74. The van der Waals surface area contributed by atoms with Crippen molar-refractivity contribution in [2.75, 3.05) is 12.5 Å². The second-order valence-electron chi connectivity index (χ2n) is 7.38. The first kappa shape index (κ1) is 19.6. The monoisotopic (exact) mass is 400 g/mol. The zero-order valence-electron chi connectivity index (χ0n) is 17.8. The van der Waals surface area contributed by atoms with Crippen LogP contribution in [-0.2, 0) is 0 Å². The van der Waals surface area contributed by atoms with Gasteiger partial charge in [0.15, 0.2) is 0 Å². The average molecular weight is 400 g/mol. The second-order valence-corrected chi connectivity index (χ2v) is 7.38. The maximum Gasteiger partial charge on any atom is 0.243 e. The van der Waals surface area contributed by atoms with Crippen molar-refractivity contribution < 1.29 is 9.15 Å². The number of aromatic nitrogens is 2. The molecular weight excluding hydrogens is 376 g/mol. The molecule has 0 aliphatic heterocycles. The summed E-state index contributed by atoms with van der Waals surface area (Å²) >= 11 is 0. The SMILES string of the molecule is COc1ccc(-c2c/c(=N\Nc3nc(C)cc(C)n3)c3cc(C)cc(C)c3o2)cc1. The highest BCUT2D eigenvalue weighted by atomic mass is 16.5. The number of hydrogen-bond acceptors (Lipinski definition) is 6. The summed E-state index contributed by atoms with van der Waals surface area (Å²) < 4.78 is 11.5. The molecule has 4 rings (SSSR count). The topological polar surface area (TPSA) is 72.5 Å². The van der Waals surface area contributed by atoms with Gasteiger partial charge in [0.05, 0.1) is 12.5 Å². The number of rotatable bonds is 4. The van der Waals surface area contributed by atoms with E-state index in [-0.39, 0.29) is 0 Å². The molecule has 0 saturated heterocycles. The lowest BCUT2D eigenvalue weighted by Crippen LogP contribution is -2.10. The highest BCUT2D eigenvalue weighted by Gasteiger charge is 2.10. The van der Waals surface area contributed by atoms with Crippen LogP contribution < -0.4 is 15.5 Å². The van der Waals surface area contributed by atoms with Crippen molar-refractivity contribution in [3.05, 3.63) is 76.4 Å². The van der Waals surface area contributed by atoms with Gasteiger partial charge in [0, 0.05) is 28.4 Å². The highest BCUT2D eigenvalue weighted by molar-refractivity contribution is 5.82. The minimum atomic E-state index is 0.469. The molecule has 0 atom stereocenters. The molecule has 1 N–H and O–H groups in total. The summed E-state index contributed by atoms with van der Waals surface area (Å²) in [5.41, 5.74) is 8.73. The number of benzene rings is 2. The standard InChI is InChI=1S/C24H24N4O2/c1-14-10-15(2)23-20(11-14)21(27-28-24-25-16(3)12-17(4)26-24)13-22(30-23)18-6-8-19(29-5)9-7-18/h6-13H,1-5H3,(H,25,26,28)/b27-21+. The Labute approximate surface area is 175 Å². The summed E-state index contributed by atoms with van der Waals surface area (Å²) in [6, 6.07) is 15.8. The molecule has 2 heterocycles. The number of aryl methyl sites for hydroxylation is 4. The Morgan fingerprint density at radius 1 is 0.900 bits per heavy atom. The van der Waals surface area contributed by atoms with E-state index < -0.39 is 0 Å². The van der Waals surface area contributed by atoms with Crippen molar-refractivity contribution in [1.82, 2.24) is 9.97 Å². The lowest BCUT2D eigenvalue weighted by molar-refractivity contribution is 0.415. The van der Waals surface area contributed by atoms with Gasteiger partial charge >= 0.3 is 0 Å². The third kappa shape index (κ3) is 4.03. The molecule has 0 unspecified atom stereocenters. The van der Waals surface area contributed by atoms with E-state index >= 15 is 0 Å². The smallest absolute Gasteiger partial charge is 0.243 e. The number of nitrogens with zero attached hydrogens (tertiary/aromatic N) is 3. The molecule has 6 heteroatoms. The molecule has 2 aromatic heterocycles. The van der Waals surface area contributed by atoms with Crippen molar-refractivity contribution in [2.24, 2.45) is 5.10 Å². The molecular formula is C24H24N4O2. The van der Waals surface area contributed by atoms with Crippen molar-refractivity contribution in [3.8, 4) is 17.1 Å². The van der Waals surface area contributed by atoms with Gasteiger partial charge in [-0.25, -0.2) is 15.4 Å². The number of anilines is 1. The summed E-state index contributed by atoms with van der Waals surface area (Å²) in [4.78, 5) is 8.82. The minimum absolute atomic E-state index is 0.469. The van der Waals surface area contributed by atoms with Crippen LogP contribution in [0.1, 0.15) is 22.5 Å². The lowest BCUT2D eigenvalue weighted by Gasteiger charge is -2.09. The molecule has 0 radical (unpaired) electrons. The fraction of sp³-hybridized carbons (Fsp3) is 0.208. The van der Waals surface area contributed by atoms with Gasteiger partial charge in [-0.2, -0.15) is 5.10 Å². The molecule has 2 aromatic carbocycles. The van der Waals surface area contributed by atoms with E-state index in [1.54, 1.807) is 7.11 Å². The Morgan fingerprint density at radius 2 is 1.60 bits per heavy atom. The predicted molar refractivity (Wildman–Crippen MR) is 118 cm³/mol. The Hall–Kier alpha value is -3.67. The molecule has 0 aliphatic rings. The first-order chi connectivity index (χ1) is 14.4. The molecule has 0 fully saturated rings. The van der Waals surface area contributed by atoms with E-state index in [4.69, 9.17) is 9.15 Å². The zero-order chi connectivity index (χ0) is 21.3. The Balaban J connectivity index is 1.89. The third-order valence-corrected chi connectivity index (χ3v) is 4.81. The normalized spacial score (nSPS) is 11.7. The van der Waals surface area contributed by atoms with Crippen LogP contribution in [0, 0.1) is 27.7 Å². The van der Waals surface area contributed by atoms with Gasteiger partial charge in [-0.1, -0.05) is 6.07 Å². The number of methoxy groups -OCH3 is 1. The molecule has 4 aromatic rings. The highest BCUT2D eigenvalue weighted by Crippen LogP contribution is 2.26. The van der Waals surface area contributed by atoms with Gasteiger partial charge < -0.3 is 9.15 Å². The van der Waals surface area contributed by atoms with Crippen LogP contribution in [0.3, 0.4) is 0 Å². The second kappa shape index (κ2) is 7.99. The minimum Gasteiger partial charge on any atom is -0.497 e. The maximum atomic E-state index is 6.28. The van der Waals surface area contributed by atoms with E-state index in [1.165, 1.54) is 0 Å². The quantitative estimate of drug-likeness (QED) is 0.485. The number of fused-ring (bicyclic) bond motifs is 1.